The number of nitrogens with zero attached hydrogens (tertiary/aromatic N) is 1. The number of halogens is 4. The van der Waals surface area contributed by atoms with Crippen molar-refractivity contribution in [2.24, 2.45) is 0 Å². The number of hydrogen-bond donors (Lipinski definition) is 1. The first-order valence-electron chi connectivity index (χ1n) is 10.2. The Morgan fingerprint density at radius 3 is 2.57 bits per heavy atom. The van der Waals surface area contributed by atoms with Gasteiger partial charge in [-0.25, -0.2) is 14.1 Å². The highest BCUT2D eigenvalue weighted by Gasteiger charge is 2.37. The number of carbonyl (C=O) groups excluding carboxylic acids is 3. The molecule has 1 aliphatic heterocycles. The van der Waals surface area contributed by atoms with Crippen molar-refractivity contribution in [3.8, 4) is 5.75 Å². The molecule has 1 aliphatic rings. The van der Waals surface area contributed by atoms with Crippen molar-refractivity contribution in [3.05, 3.63) is 96.6 Å². The third-order valence-corrected chi connectivity index (χ3v) is 6.46. The summed E-state index contributed by atoms with van der Waals surface area (Å²) in [5, 5.41) is 2.52. The van der Waals surface area contributed by atoms with Gasteiger partial charge in [0.1, 0.15) is 23.7 Å². The fourth-order valence-corrected chi connectivity index (χ4v) is 5.00. The van der Waals surface area contributed by atoms with Gasteiger partial charge < -0.3 is 4.74 Å². The lowest BCUT2D eigenvalue weighted by atomic mass is 10.0. The number of imide groups is 2. The van der Waals surface area contributed by atoms with Crippen LogP contribution in [0.15, 0.2) is 69.1 Å². The summed E-state index contributed by atoms with van der Waals surface area (Å²) in [6.07, 6.45) is 1.32. The van der Waals surface area contributed by atoms with Crippen LogP contribution in [0, 0.1) is 12.7 Å². The van der Waals surface area contributed by atoms with E-state index in [0.29, 0.717) is 30.7 Å². The lowest BCUT2D eigenvalue weighted by Gasteiger charge is -2.27. The lowest BCUT2D eigenvalue weighted by Crippen LogP contribution is -2.54. The van der Waals surface area contributed by atoms with Crippen LogP contribution >= 0.6 is 43.5 Å². The first-order chi connectivity index (χ1) is 16.7. The fourth-order valence-electron chi connectivity index (χ4n) is 3.46. The molecular formula is C25H16Br2ClFN2O4. The lowest BCUT2D eigenvalue weighted by molar-refractivity contribution is -0.122. The van der Waals surface area contributed by atoms with Gasteiger partial charge in [-0.2, -0.15) is 0 Å². The highest BCUT2D eigenvalue weighted by atomic mass is 79.9. The van der Waals surface area contributed by atoms with Crippen molar-refractivity contribution in [2.45, 2.75) is 13.5 Å². The molecule has 1 heterocycles. The van der Waals surface area contributed by atoms with Gasteiger partial charge in [-0.15, -0.1) is 0 Å². The van der Waals surface area contributed by atoms with E-state index >= 15 is 0 Å². The minimum absolute atomic E-state index is 0.0878. The molecule has 1 saturated heterocycles. The van der Waals surface area contributed by atoms with Gasteiger partial charge in [0.05, 0.1) is 10.2 Å². The number of ether oxygens (including phenoxy) is 1. The number of benzene rings is 3. The van der Waals surface area contributed by atoms with E-state index in [-0.39, 0.29) is 23.6 Å². The molecule has 0 spiro atoms. The molecule has 0 bridgehead atoms. The van der Waals surface area contributed by atoms with Crippen LogP contribution in [0.5, 0.6) is 5.75 Å². The Hall–Kier alpha value is -3.01. The number of carbonyl (C=O) groups is 3. The Kier molecular flexibility index (Phi) is 7.39. The van der Waals surface area contributed by atoms with E-state index in [0.717, 1.165) is 4.90 Å². The third kappa shape index (κ3) is 5.32. The van der Waals surface area contributed by atoms with E-state index in [1.807, 2.05) is 0 Å². The normalized spacial score (nSPS) is 14.9. The number of nitrogens with one attached hydrogen (secondary N) is 1. The molecule has 0 atom stereocenters. The molecule has 1 fully saturated rings. The van der Waals surface area contributed by atoms with Gasteiger partial charge in [0.15, 0.2) is 0 Å². The SMILES string of the molecule is Cc1ccc(Cl)cc1N1C(=O)NC(=O)/C(=C\c2cc(Br)cc(Br)c2OCc2ccccc2F)C1=O. The van der Waals surface area contributed by atoms with E-state index in [9.17, 15) is 18.8 Å². The van der Waals surface area contributed by atoms with Crippen molar-refractivity contribution in [2.75, 3.05) is 4.90 Å². The zero-order valence-electron chi connectivity index (χ0n) is 18.1. The number of anilines is 1. The van der Waals surface area contributed by atoms with Crippen LogP contribution in [0.3, 0.4) is 0 Å². The van der Waals surface area contributed by atoms with Gasteiger partial charge >= 0.3 is 6.03 Å². The molecule has 0 saturated carbocycles. The van der Waals surface area contributed by atoms with Gasteiger partial charge in [0.25, 0.3) is 11.8 Å². The van der Waals surface area contributed by atoms with Crippen LogP contribution in [0.2, 0.25) is 5.02 Å². The Balaban J connectivity index is 1.75. The molecule has 4 amide bonds. The van der Waals surface area contributed by atoms with Gasteiger partial charge in [-0.05, 0) is 64.8 Å². The average molecular weight is 623 g/mol. The smallest absolute Gasteiger partial charge is 0.335 e. The molecule has 35 heavy (non-hydrogen) atoms. The maximum atomic E-state index is 14.1. The maximum absolute atomic E-state index is 14.1. The van der Waals surface area contributed by atoms with Crippen molar-refractivity contribution in [1.82, 2.24) is 5.32 Å². The van der Waals surface area contributed by atoms with E-state index in [1.54, 1.807) is 49.4 Å². The highest BCUT2D eigenvalue weighted by Crippen LogP contribution is 2.36. The predicted octanol–water partition coefficient (Wildman–Crippen LogP) is 6.56. The molecule has 0 unspecified atom stereocenters. The number of amides is 4. The first-order valence-corrected chi connectivity index (χ1v) is 12.1. The standard InChI is InChI=1S/C25H16Br2ClFN2O4/c1-13-6-7-17(28)11-21(13)31-24(33)18(23(32)30-25(31)34)9-15-8-16(26)10-19(27)22(15)35-12-14-4-2-3-5-20(14)29/h2-11H,12H2,1H3,(H,30,32,34)/b18-9+. The first kappa shape index (κ1) is 25.1. The molecule has 1 N–H and O–H groups in total. The summed E-state index contributed by atoms with van der Waals surface area (Å²) in [5.41, 5.74) is 1.28. The number of rotatable bonds is 5. The average Bonchev–Trinajstić information content (AvgIpc) is 2.79. The van der Waals surface area contributed by atoms with Crippen molar-refractivity contribution < 1.29 is 23.5 Å². The fraction of sp³-hybridized carbons (Fsp3) is 0.0800. The summed E-state index contributed by atoms with van der Waals surface area (Å²) >= 11 is 12.9. The van der Waals surface area contributed by atoms with Crippen molar-refractivity contribution in [1.29, 1.82) is 0 Å². The summed E-state index contributed by atoms with van der Waals surface area (Å²) in [6, 6.07) is 13.4. The minimum atomic E-state index is -0.881. The topological polar surface area (TPSA) is 75.7 Å². The van der Waals surface area contributed by atoms with Crippen LogP contribution in [-0.2, 0) is 16.2 Å². The zero-order valence-corrected chi connectivity index (χ0v) is 22.0. The number of urea groups is 1. The summed E-state index contributed by atoms with van der Waals surface area (Å²) in [6.45, 7) is 1.63. The number of hydrogen-bond acceptors (Lipinski definition) is 4. The van der Waals surface area contributed by atoms with Crippen molar-refractivity contribution >= 4 is 73.1 Å². The van der Waals surface area contributed by atoms with Crippen molar-refractivity contribution in [3.63, 3.8) is 0 Å². The molecule has 10 heteroatoms. The monoisotopic (exact) mass is 620 g/mol. The molecule has 0 aliphatic carbocycles. The van der Waals surface area contributed by atoms with Crippen LogP contribution in [0.4, 0.5) is 14.9 Å². The summed E-state index contributed by atoms with van der Waals surface area (Å²) < 4.78 is 21.1. The summed E-state index contributed by atoms with van der Waals surface area (Å²) in [7, 11) is 0. The quantitative estimate of drug-likeness (QED) is 0.259. The molecule has 0 aromatic heterocycles. The Bertz CT molecular complexity index is 1410. The van der Waals surface area contributed by atoms with Crippen LogP contribution in [0.1, 0.15) is 16.7 Å². The van der Waals surface area contributed by atoms with E-state index in [4.69, 9.17) is 16.3 Å². The van der Waals surface area contributed by atoms with Gasteiger partial charge in [0.2, 0.25) is 0 Å². The number of aryl methyl sites for hydroxylation is 1. The molecule has 178 valence electrons. The van der Waals surface area contributed by atoms with E-state index < -0.39 is 23.7 Å². The van der Waals surface area contributed by atoms with E-state index in [1.165, 1.54) is 18.2 Å². The molecule has 4 rings (SSSR count). The van der Waals surface area contributed by atoms with Gasteiger partial charge in [-0.1, -0.05) is 51.8 Å². The highest BCUT2D eigenvalue weighted by molar-refractivity contribution is 9.11. The van der Waals surface area contributed by atoms with Gasteiger partial charge in [0, 0.05) is 20.6 Å². The second-order valence-corrected chi connectivity index (χ2v) is 9.78. The Morgan fingerprint density at radius 2 is 1.83 bits per heavy atom. The molecular weight excluding hydrogens is 607 g/mol. The molecule has 0 radical (unpaired) electrons. The Morgan fingerprint density at radius 1 is 1.09 bits per heavy atom. The molecule has 3 aromatic rings. The predicted molar refractivity (Wildman–Crippen MR) is 138 cm³/mol. The Labute approximate surface area is 222 Å². The molecule has 6 nitrogen and oxygen atoms in total. The van der Waals surface area contributed by atoms with Crippen LogP contribution < -0.4 is 15.0 Å². The van der Waals surface area contributed by atoms with Gasteiger partial charge in [-0.3, -0.25) is 14.9 Å². The largest absolute Gasteiger partial charge is 0.487 e. The molecule has 3 aromatic carbocycles. The second kappa shape index (κ2) is 10.3. The summed E-state index contributed by atoms with van der Waals surface area (Å²) in [4.78, 5) is 39.4. The third-order valence-electron chi connectivity index (χ3n) is 5.18. The van der Waals surface area contributed by atoms with E-state index in [2.05, 4.69) is 37.2 Å². The second-order valence-electron chi connectivity index (χ2n) is 7.57. The zero-order chi connectivity index (χ0) is 25.3. The maximum Gasteiger partial charge on any atom is 0.335 e. The number of barbiturate groups is 1. The summed E-state index contributed by atoms with van der Waals surface area (Å²) in [5.74, 6) is -1.81. The van der Waals surface area contributed by atoms with Crippen LogP contribution in [-0.4, -0.2) is 17.8 Å². The van der Waals surface area contributed by atoms with Crippen LogP contribution in [0.25, 0.3) is 6.08 Å². The minimum Gasteiger partial charge on any atom is -0.487 e.